The molecule has 0 atom stereocenters. The molecule has 0 N–H and O–H groups in total. The van der Waals surface area contributed by atoms with Crippen LogP contribution in [-0.4, -0.2) is 6.26 Å². The van der Waals surface area contributed by atoms with Crippen LogP contribution in [0.25, 0.3) is 0 Å². The van der Waals surface area contributed by atoms with Crippen LogP contribution in [0, 0.1) is 0 Å². The Hall–Kier alpha value is -2.25. The Morgan fingerprint density at radius 2 is 1.14 bits per heavy atom. The van der Waals surface area contributed by atoms with E-state index in [0.717, 1.165) is 0 Å². The predicted molar refractivity (Wildman–Crippen MR) is 124 cm³/mol. The van der Waals surface area contributed by atoms with Crippen molar-refractivity contribution in [3.05, 3.63) is 117 Å². The Balaban J connectivity index is 1.80. The maximum Gasteiger partial charge on any atom is 0.0769 e. The summed E-state index contributed by atoms with van der Waals surface area (Å²) >= 11 is 2.00. The molecule has 0 aliphatic heterocycles. The van der Waals surface area contributed by atoms with Gasteiger partial charge in [0.15, 0.2) is 0 Å². The highest BCUT2D eigenvalue weighted by atomic mass is 32.2. The molecule has 0 radical (unpaired) electrons. The number of benzene rings is 3. The van der Waals surface area contributed by atoms with Crippen LogP contribution in [0.4, 0.5) is 0 Å². The molecule has 0 saturated heterocycles. The van der Waals surface area contributed by atoms with E-state index in [0.29, 0.717) is 5.92 Å². The zero-order chi connectivity index (χ0) is 19.4. The van der Waals surface area contributed by atoms with E-state index in [1.54, 1.807) is 10.5 Å². The molecule has 0 unspecified atom stereocenters. The van der Waals surface area contributed by atoms with Crippen molar-refractivity contribution in [3.63, 3.8) is 0 Å². The molecule has 1 fully saturated rings. The summed E-state index contributed by atoms with van der Waals surface area (Å²) in [5, 5.41) is 0. The Kier molecular flexibility index (Phi) is 4.03. The summed E-state index contributed by atoms with van der Waals surface area (Å²) < 4.78 is 0. The van der Waals surface area contributed by atoms with Crippen LogP contribution in [0.3, 0.4) is 0 Å². The quantitative estimate of drug-likeness (QED) is 0.436. The fourth-order valence-corrected chi connectivity index (χ4v) is 7.47. The van der Waals surface area contributed by atoms with E-state index < -0.39 is 0 Å². The molecule has 29 heavy (non-hydrogen) atoms. The summed E-state index contributed by atoms with van der Waals surface area (Å²) in [4.78, 5) is 1.60. The summed E-state index contributed by atoms with van der Waals surface area (Å²) in [6.07, 6.45) is 8.87. The molecule has 0 heterocycles. The first-order chi connectivity index (χ1) is 14.4. The highest BCUT2D eigenvalue weighted by molar-refractivity contribution is 8.02. The van der Waals surface area contributed by atoms with Crippen molar-refractivity contribution in [3.8, 4) is 0 Å². The lowest BCUT2D eigenvalue weighted by Gasteiger charge is -2.52. The average Bonchev–Trinajstić information content (AvgIpc) is 2.80. The molecule has 0 amide bonds. The highest BCUT2D eigenvalue weighted by Gasteiger charge is 2.53. The van der Waals surface area contributed by atoms with Crippen LogP contribution >= 0.6 is 11.8 Å². The van der Waals surface area contributed by atoms with Crippen LogP contribution in [0.5, 0.6) is 0 Å². The number of hydrogen-bond acceptors (Lipinski definition) is 1. The lowest BCUT2D eigenvalue weighted by Crippen LogP contribution is -2.43. The van der Waals surface area contributed by atoms with Crippen molar-refractivity contribution >= 4 is 11.8 Å². The summed E-state index contributed by atoms with van der Waals surface area (Å²) in [5.41, 5.74) is 10.6. The second kappa shape index (κ2) is 6.64. The molecule has 144 valence electrons. The smallest absolute Gasteiger partial charge is 0.0769 e. The fraction of sp³-hybridized carbons (Fsp3) is 0.286. The zero-order valence-corrected chi connectivity index (χ0v) is 17.8. The predicted octanol–water partition coefficient (Wildman–Crippen LogP) is 7.41. The number of hydrogen-bond donors (Lipinski definition) is 0. The van der Waals surface area contributed by atoms with E-state index >= 15 is 0 Å². The van der Waals surface area contributed by atoms with Gasteiger partial charge in [0, 0.05) is 10.8 Å². The van der Waals surface area contributed by atoms with E-state index in [1.165, 1.54) is 65.5 Å². The van der Waals surface area contributed by atoms with Gasteiger partial charge in [0.25, 0.3) is 0 Å². The molecule has 1 heteroatoms. The van der Waals surface area contributed by atoms with Gasteiger partial charge in [-0.05, 0) is 65.3 Å². The van der Waals surface area contributed by atoms with Crippen LogP contribution in [0.2, 0.25) is 0 Å². The van der Waals surface area contributed by atoms with E-state index in [9.17, 15) is 0 Å². The Bertz CT molecular complexity index is 1010. The van der Waals surface area contributed by atoms with E-state index in [2.05, 4.69) is 79.1 Å². The highest BCUT2D eigenvalue weighted by Crippen LogP contribution is 2.64. The van der Waals surface area contributed by atoms with Gasteiger partial charge in [-0.3, -0.25) is 0 Å². The zero-order valence-electron chi connectivity index (χ0n) is 16.9. The third-order valence-electron chi connectivity index (χ3n) is 7.35. The third-order valence-corrected chi connectivity index (χ3v) is 8.35. The number of thioether (sulfide) groups is 1. The van der Waals surface area contributed by atoms with Gasteiger partial charge in [-0.25, -0.2) is 0 Å². The third kappa shape index (κ3) is 2.23. The first-order valence-corrected chi connectivity index (χ1v) is 12.1. The standard InChI is InChI=1S/C28H26S/c1-29-27(19-11-3-2-4-12-19)28-23-16-8-5-13-20(23)26(21-14-6-9-17-24(21)28)22-15-7-10-18-25(22)28/h5-10,13-18,26H,2-4,11-12H2,1H3. The lowest BCUT2D eigenvalue weighted by molar-refractivity contribution is 0.574. The first-order valence-electron chi connectivity index (χ1n) is 10.9. The van der Waals surface area contributed by atoms with Crippen LogP contribution < -0.4 is 0 Å². The summed E-state index contributed by atoms with van der Waals surface area (Å²) in [6, 6.07) is 27.8. The maximum absolute atomic E-state index is 2.41. The largest absolute Gasteiger partial charge is 0.132 e. The van der Waals surface area contributed by atoms with Crippen molar-refractivity contribution in [1.29, 1.82) is 0 Å². The average molecular weight is 395 g/mol. The minimum atomic E-state index is -0.148. The van der Waals surface area contributed by atoms with Crippen LogP contribution in [-0.2, 0) is 5.41 Å². The van der Waals surface area contributed by atoms with Gasteiger partial charge in [0.05, 0.1) is 5.41 Å². The summed E-state index contributed by atoms with van der Waals surface area (Å²) in [6.45, 7) is 0. The topological polar surface area (TPSA) is 0 Å². The van der Waals surface area contributed by atoms with E-state index in [4.69, 9.17) is 0 Å². The number of allylic oxidation sites excluding steroid dienone is 2. The van der Waals surface area contributed by atoms with Gasteiger partial charge in [0.1, 0.15) is 0 Å². The molecule has 7 rings (SSSR count). The van der Waals surface area contributed by atoms with Crippen molar-refractivity contribution in [1.82, 2.24) is 0 Å². The Labute approximate surface area is 178 Å². The van der Waals surface area contributed by atoms with Gasteiger partial charge >= 0.3 is 0 Å². The fourth-order valence-electron chi connectivity index (χ4n) is 6.34. The van der Waals surface area contributed by atoms with Crippen molar-refractivity contribution in [2.45, 2.75) is 43.4 Å². The maximum atomic E-state index is 2.41. The van der Waals surface area contributed by atoms with Crippen LogP contribution in [0.1, 0.15) is 71.4 Å². The van der Waals surface area contributed by atoms with Crippen molar-refractivity contribution < 1.29 is 0 Å². The van der Waals surface area contributed by atoms with Crippen LogP contribution in [0.15, 0.2) is 83.3 Å². The molecule has 3 aromatic rings. The summed E-state index contributed by atoms with van der Waals surface area (Å²) in [7, 11) is 0. The molecular weight excluding hydrogens is 368 g/mol. The molecule has 0 spiro atoms. The number of rotatable bonds is 2. The normalized spacial score (nSPS) is 23.9. The van der Waals surface area contributed by atoms with E-state index in [-0.39, 0.29) is 5.41 Å². The molecule has 4 aliphatic carbocycles. The molecule has 0 aromatic heterocycles. The molecule has 1 saturated carbocycles. The van der Waals surface area contributed by atoms with Crippen molar-refractivity contribution in [2.24, 2.45) is 0 Å². The van der Waals surface area contributed by atoms with Gasteiger partial charge in [-0.2, -0.15) is 0 Å². The minimum Gasteiger partial charge on any atom is -0.132 e. The second-order valence-electron chi connectivity index (χ2n) is 8.64. The molecule has 3 aromatic carbocycles. The van der Waals surface area contributed by atoms with Gasteiger partial charge in [-0.1, -0.05) is 84.8 Å². The minimum absolute atomic E-state index is 0.148. The Morgan fingerprint density at radius 3 is 1.59 bits per heavy atom. The summed E-state index contributed by atoms with van der Waals surface area (Å²) in [5.74, 6) is 0.361. The van der Waals surface area contributed by atoms with E-state index in [1.807, 2.05) is 11.8 Å². The van der Waals surface area contributed by atoms with Gasteiger partial charge in [0.2, 0.25) is 0 Å². The lowest BCUT2D eigenvalue weighted by atomic mass is 9.52. The molecule has 0 nitrogen and oxygen atoms in total. The van der Waals surface area contributed by atoms with Crippen molar-refractivity contribution in [2.75, 3.05) is 6.26 Å². The first kappa shape index (κ1) is 17.6. The Morgan fingerprint density at radius 1 is 0.690 bits per heavy atom. The van der Waals surface area contributed by atoms with Gasteiger partial charge in [-0.15, -0.1) is 11.8 Å². The molecule has 2 bridgehead atoms. The molecule has 4 aliphatic rings. The second-order valence-corrected chi connectivity index (χ2v) is 9.46. The SMILES string of the molecule is CSC(=C1CCCCC1)C12c3ccccc3C(c3ccccc31)c1ccccc12. The van der Waals surface area contributed by atoms with Gasteiger partial charge < -0.3 is 0 Å². The molecular formula is C28H26S. The monoisotopic (exact) mass is 394 g/mol.